The Morgan fingerprint density at radius 2 is 1.43 bits per heavy atom. The smallest absolute Gasteiger partial charge is 0.326 e. The summed E-state index contributed by atoms with van der Waals surface area (Å²) in [5.41, 5.74) is 3.20. The van der Waals surface area contributed by atoms with Crippen LogP contribution in [0.2, 0.25) is 5.02 Å². The quantitative estimate of drug-likeness (QED) is 0.336. The highest BCUT2D eigenvalue weighted by Gasteiger charge is 2.22. The second-order valence-corrected chi connectivity index (χ2v) is 10.8. The molecule has 1 atom stereocenters. The summed E-state index contributed by atoms with van der Waals surface area (Å²) >= 11 is 6.03. The largest absolute Gasteiger partial charge is 0.480 e. The van der Waals surface area contributed by atoms with Crippen LogP contribution < -0.4 is 5.32 Å². The van der Waals surface area contributed by atoms with Gasteiger partial charge in [-0.2, -0.15) is 4.31 Å². The molecule has 194 valence electrons. The highest BCUT2D eigenvalue weighted by Crippen LogP contribution is 2.22. The Morgan fingerprint density at radius 1 is 0.892 bits per heavy atom. The highest BCUT2D eigenvalue weighted by atomic mass is 35.5. The lowest BCUT2D eigenvalue weighted by Crippen LogP contribution is -2.42. The van der Waals surface area contributed by atoms with Crippen molar-refractivity contribution in [2.75, 3.05) is 12.8 Å². The average molecular weight is 545 g/mol. The molecule has 0 aromatic heterocycles. The molecule has 0 unspecified atom stereocenters. The van der Waals surface area contributed by atoms with Crippen LogP contribution in [0.1, 0.15) is 21.5 Å². The van der Waals surface area contributed by atoms with Gasteiger partial charge < -0.3 is 15.5 Å². The molecule has 0 saturated carbocycles. The maximum absolute atomic E-state index is 12.5. The summed E-state index contributed by atoms with van der Waals surface area (Å²) in [7, 11) is -3.69. The average Bonchev–Trinajstić information content (AvgIpc) is 2.83. The lowest BCUT2D eigenvalue weighted by atomic mass is 9.99. The second-order valence-electron chi connectivity index (χ2n) is 8.37. The van der Waals surface area contributed by atoms with Gasteiger partial charge in [0.15, 0.2) is 0 Å². The molecule has 1 amide bonds. The lowest BCUT2D eigenvalue weighted by molar-refractivity contribution is -0.139. The molecule has 0 spiro atoms. The van der Waals surface area contributed by atoms with Crippen molar-refractivity contribution >= 4 is 39.5 Å². The van der Waals surface area contributed by atoms with Crippen LogP contribution in [0, 0.1) is 0 Å². The fraction of sp³-hybridized carbons (Fsp3) is 0.192. The van der Waals surface area contributed by atoms with E-state index in [0.717, 1.165) is 21.7 Å². The van der Waals surface area contributed by atoms with E-state index in [-0.39, 0.29) is 23.6 Å². The van der Waals surface area contributed by atoms with Crippen molar-refractivity contribution in [2.45, 2.75) is 19.0 Å². The molecule has 3 N–H and O–H groups in total. The molecule has 0 fully saturated rings. The number of benzene rings is 3. The van der Waals surface area contributed by atoms with E-state index in [2.05, 4.69) is 5.32 Å². The predicted octanol–water partition coefficient (Wildman–Crippen LogP) is 3.28. The van der Waals surface area contributed by atoms with Gasteiger partial charge in [0.25, 0.3) is 5.91 Å². The van der Waals surface area contributed by atoms with E-state index in [1.807, 2.05) is 12.1 Å². The minimum atomic E-state index is -3.69. The molecule has 11 heteroatoms. The van der Waals surface area contributed by atoms with E-state index in [1.54, 1.807) is 54.6 Å². The normalized spacial score (nSPS) is 12.2. The molecular formula is C26H25ClN2O7S. The minimum absolute atomic E-state index is 0.0651. The van der Waals surface area contributed by atoms with E-state index < -0.39 is 40.5 Å². The molecule has 0 radical (unpaired) electrons. The molecule has 0 aliphatic rings. The molecular weight excluding hydrogens is 520 g/mol. The number of rotatable bonds is 11. The van der Waals surface area contributed by atoms with Crippen molar-refractivity contribution in [1.29, 1.82) is 0 Å². The van der Waals surface area contributed by atoms with E-state index in [1.165, 1.54) is 6.07 Å². The van der Waals surface area contributed by atoms with Gasteiger partial charge in [0.05, 0.1) is 16.8 Å². The number of hydrogen-bond acceptors (Lipinski definition) is 5. The Balaban J connectivity index is 1.68. The van der Waals surface area contributed by atoms with Gasteiger partial charge in [0.1, 0.15) is 12.6 Å². The number of hydrogen-bond donors (Lipinski definition) is 3. The summed E-state index contributed by atoms with van der Waals surface area (Å²) in [5, 5.41) is 21.3. The van der Waals surface area contributed by atoms with Gasteiger partial charge in [0.2, 0.25) is 10.0 Å². The molecule has 3 aromatic rings. The number of carboxylic acids is 2. The minimum Gasteiger partial charge on any atom is -0.480 e. The summed E-state index contributed by atoms with van der Waals surface area (Å²) in [6, 6.07) is 19.4. The summed E-state index contributed by atoms with van der Waals surface area (Å²) in [5.74, 6) is -2.99. The summed E-state index contributed by atoms with van der Waals surface area (Å²) in [4.78, 5) is 35.2. The Labute approximate surface area is 219 Å². The SMILES string of the molecule is CS(=O)(=O)N(CC(=O)O)Cc1ccc(-c2ccc(C[C@H](NC(=O)c3ccccc3Cl)C(=O)O)cc2)cc1. The Hall–Kier alpha value is -3.73. The van der Waals surface area contributed by atoms with Crippen LogP contribution in [0.3, 0.4) is 0 Å². The van der Waals surface area contributed by atoms with Gasteiger partial charge in [-0.05, 0) is 34.4 Å². The number of carbonyl (C=O) groups excluding carboxylic acids is 1. The van der Waals surface area contributed by atoms with Crippen LogP contribution in [0.25, 0.3) is 11.1 Å². The standard InChI is InChI=1S/C26H25ClN2O7S/c1-37(35,36)29(16-24(30)31)15-18-8-12-20(13-9-18)19-10-6-17(7-11-19)14-23(26(33)34)28-25(32)21-4-2-3-5-22(21)27/h2-13,23H,14-16H2,1H3,(H,28,32)(H,30,31)(H,33,34)/t23-/m0/s1. The number of aliphatic carboxylic acids is 2. The number of nitrogens with one attached hydrogen (secondary N) is 1. The van der Waals surface area contributed by atoms with Gasteiger partial charge in [-0.1, -0.05) is 72.3 Å². The maximum Gasteiger partial charge on any atom is 0.326 e. The van der Waals surface area contributed by atoms with Crippen LogP contribution in [0.4, 0.5) is 0 Å². The first-order valence-electron chi connectivity index (χ1n) is 11.1. The monoisotopic (exact) mass is 544 g/mol. The van der Waals surface area contributed by atoms with Crippen LogP contribution in [-0.4, -0.2) is 59.6 Å². The van der Waals surface area contributed by atoms with Crippen molar-refractivity contribution in [3.63, 3.8) is 0 Å². The zero-order chi connectivity index (χ0) is 27.2. The third-order valence-electron chi connectivity index (χ3n) is 5.54. The summed E-state index contributed by atoms with van der Waals surface area (Å²) in [6.45, 7) is -0.695. The number of carbonyl (C=O) groups is 3. The number of amides is 1. The fourth-order valence-corrected chi connectivity index (χ4v) is 4.55. The molecule has 3 rings (SSSR count). The van der Waals surface area contributed by atoms with Gasteiger partial charge in [-0.3, -0.25) is 9.59 Å². The second kappa shape index (κ2) is 12.0. The third-order valence-corrected chi connectivity index (χ3v) is 7.07. The van der Waals surface area contributed by atoms with Crippen molar-refractivity contribution in [3.8, 4) is 11.1 Å². The van der Waals surface area contributed by atoms with Crippen LogP contribution in [-0.2, 0) is 32.6 Å². The van der Waals surface area contributed by atoms with Gasteiger partial charge in [0, 0.05) is 13.0 Å². The molecule has 37 heavy (non-hydrogen) atoms. The summed E-state index contributed by atoms with van der Waals surface area (Å²) < 4.78 is 24.6. The van der Waals surface area contributed by atoms with Crippen molar-refractivity contribution in [1.82, 2.24) is 9.62 Å². The lowest BCUT2D eigenvalue weighted by Gasteiger charge is -2.18. The highest BCUT2D eigenvalue weighted by molar-refractivity contribution is 7.88. The number of halogens is 1. The van der Waals surface area contributed by atoms with Crippen molar-refractivity contribution in [3.05, 3.63) is 94.5 Å². The molecule has 0 aliphatic carbocycles. The van der Waals surface area contributed by atoms with E-state index in [4.69, 9.17) is 16.7 Å². The van der Waals surface area contributed by atoms with Crippen LogP contribution in [0.15, 0.2) is 72.8 Å². The van der Waals surface area contributed by atoms with Gasteiger partial charge >= 0.3 is 11.9 Å². The summed E-state index contributed by atoms with van der Waals surface area (Å²) in [6.07, 6.45) is 1.03. The van der Waals surface area contributed by atoms with Gasteiger partial charge in [-0.25, -0.2) is 13.2 Å². The molecule has 0 bridgehead atoms. The van der Waals surface area contributed by atoms with Gasteiger partial charge in [-0.15, -0.1) is 0 Å². The zero-order valence-corrected chi connectivity index (χ0v) is 21.4. The Morgan fingerprint density at radius 3 is 1.92 bits per heavy atom. The molecule has 0 heterocycles. The number of nitrogens with zero attached hydrogens (tertiary/aromatic N) is 1. The molecule has 3 aromatic carbocycles. The van der Waals surface area contributed by atoms with E-state index in [0.29, 0.717) is 11.1 Å². The first kappa shape index (κ1) is 27.9. The van der Waals surface area contributed by atoms with Crippen LogP contribution in [0.5, 0.6) is 0 Å². The molecule has 0 saturated heterocycles. The van der Waals surface area contributed by atoms with E-state index in [9.17, 15) is 27.9 Å². The number of carboxylic acid groups (broad SMARTS) is 2. The van der Waals surface area contributed by atoms with Crippen molar-refractivity contribution < 1.29 is 33.0 Å². The third kappa shape index (κ3) is 7.88. The predicted molar refractivity (Wildman–Crippen MR) is 139 cm³/mol. The first-order chi connectivity index (χ1) is 17.4. The Bertz CT molecular complexity index is 1390. The maximum atomic E-state index is 12.5. The fourth-order valence-electron chi connectivity index (χ4n) is 3.60. The Kier molecular flexibility index (Phi) is 9.04. The first-order valence-corrected chi connectivity index (χ1v) is 13.3. The topological polar surface area (TPSA) is 141 Å². The van der Waals surface area contributed by atoms with E-state index >= 15 is 0 Å². The number of sulfonamides is 1. The molecule has 9 nitrogen and oxygen atoms in total. The van der Waals surface area contributed by atoms with Crippen LogP contribution >= 0.6 is 11.6 Å². The van der Waals surface area contributed by atoms with Crippen molar-refractivity contribution in [2.24, 2.45) is 0 Å². The molecule has 0 aliphatic heterocycles. The zero-order valence-electron chi connectivity index (χ0n) is 19.8.